The minimum atomic E-state index is -2.89. The van der Waals surface area contributed by atoms with Gasteiger partial charge in [0.25, 0.3) is 12.3 Å². The van der Waals surface area contributed by atoms with Crippen LogP contribution in [-0.2, 0) is 11.3 Å². The van der Waals surface area contributed by atoms with Crippen molar-refractivity contribution in [2.24, 2.45) is 0 Å². The van der Waals surface area contributed by atoms with E-state index in [2.05, 4.69) is 20.5 Å². The van der Waals surface area contributed by atoms with E-state index in [1.54, 1.807) is 38.1 Å². The third-order valence-electron chi connectivity index (χ3n) is 5.22. The van der Waals surface area contributed by atoms with Crippen molar-refractivity contribution in [2.45, 2.75) is 39.8 Å². The van der Waals surface area contributed by atoms with Crippen LogP contribution in [0.3, 0.4) is 0 Å². The molecule has 0 aliphatic heterocycles. The lowest BCUT2D eigenvalue weighted by Gasteiger charge is -2.11. The number of benzene rings is 1. The number of alkyl halides is 2. The van der Waals surface area contributed by atoms with E-state index in [9.17, 15) is 18.4 Å². The van der Waals surface area contributed by atoms with Crippen molar-refractivity contribution >= 4 is 23.2 Å². The topological polar surface area (TPSA) is 113 Å². The summed E-state index contributed by atoms with van der Waals surface area (Å²) >= 11 is 0. The molecule has 0 spiro atoms. The van der Waals surface area contributed by atoms with E-state index in [1.807, 2.05) is 6.92 Å². The first-order valence-corrected chi connectivity index (χ1v) is 11.1. The highest BCUT2D eigenvalue weighted by molar-refractivity contribution is 6.10. The lowest BCUT2D eigenvalue weighted by atomic mass is 10.1. The molecule has 1 aromatic carbocycles. The Morgan fingerprint density at radius 2 is 1.94 bits per heavy atom. The number of anilines is 1. The molecule has 12 heteroatoms. The SMILES string of the molecule is CCn1cc(NC(=O)c2cnn3c(C(F)F)cc(-c4ccccc4OC)nc23)c(C(=O)OC(C)C)n1. The number of hydrogen-bond acceptors (Lipinski definition) is 7. The Labute approximate surface area is 204 Å². The minimum absolute atomic E-state index is 0.0685. The first-order valence-electron chi connectivity index (χ1n) is 11.1. The zero-order valence-corrected chi connectivity index (χ0v) is 20.0. The molecule has 0 bridgehead atoms. The van der Waals surface area contributed by atoms with Gasteiger partial charge in [-0.05, 0) is 39.0 Å². The molecule has 3 aromatic heterocycles. The van der Waals surface area contributed by atoms with Crippen LogP contribution in [0.15, 0.2) is 42.7 Å². The number of halogens is 2. The second-order valence-corrected chi connectivity index (χ2v) is 8.02. The number of aryl methyl sites for hydroxylation is 1. The highest BCUT2D eigenvalue weighted by Gasteiger charge is 2.25. The van der Waals surface area contributed by atoms with Gasteiger partial charge in [-0.15, -0.1) is 0 Å². The summed E-state index contributed by atoms with van der Waals surface area (Å²) in [4.78, 5) is 30.2. The van der Waals surface area contributed by atoms with Crippen LogP contribution in [0, 0.1) is 0 Å². The Bertz CT molecular complexity index is 1430. The third-order valence-corrected chi connectivity index (χ3v) is 5.22. The summed E-state index contributed by atoms with van der Waals surface area (Å²) in [5.74, 6) is -0.978. The number of nitrogens with one attached hydrogen (secondary N) is 1. The highest BCUT2D eigenvalue weighted by Crippen LogP contribution is 2.32. The lowest BCUT2D eigenvalue weighted by Crippen LogP contribution is -2.17. The number of hydrogen-bond donors (Lipinski definition) is 1. The van der Waals surface area contributed by atoms with Gasteiger partial charge in [0, 0.05) is 18.3 Å². The van der Waals surface area contributed by atoms with Crippen LogP contribution in [0.25, 0.3) is 16.9 Å². The van der Waals surface area contributed by atoms with Crippen molar-refractivity contribution in [2.75, 3.05) is 12.4 Å². The summed E-state index contributed by atoms with van der Waals surface area (Å²) < 4.78 is 40.8. The van der Waals surface area contributed by atoms with E-state index < -0.39 is 30.1 Å². The summed E-state index contributed by atoms with van der Waals surface area (Å²) in [6, 6.07) is 8.02. The molecular weight excluding hydrogens is 474 g/mol. The molecule has 0 saturated heterocycles. The van der Waals surface area contributed by atoms with Crippen LogP contribution in [0.5, 0.6) is 5.75 Å². The third kappa shape index (κ3) is 4.74. The Kier molecular flexibility index (Phi) is 6.95. The van der Waals surface area contributed by atoms with E-state index in [0.717, 1.165) is 10.7 Å². The molecule has 3 heterocycles. The standard InChI is InChI=1S/C24H24F2N6O4/c1-5-31-12-17(20(30-31)24(34)36-13(2)3)29-23(33)15-11-27-32-18(21(25)26)10-16(28-22(15)32)14-8-6-7-9-19(14)35-4/h6-13,21H,5H2,1-4H3,(H,29,33). The van der Waals surface area contributed by atoms with Gasteiger partial charge in [0.1, 0.15) is 17.0 Å². The first-order chi connectivity index (χ1) is 17.2. The molecule has 1 N–H and O–H groups in total. The maximum atomic E-state index is 13.9. The number of rotatable bonds is 8. The van der Waals surface area contributed by atoms with Crippen molar-refractivity contribution in [1.29, 1.82) is 0 Å². The molecule has 1 amide bonds. The van der Waals surface area contributed by atoms with E-state index in [-0.39, 0.29) is 28.3 Å². The largest absolute Gasteiger partial charge is 0.496 e. The number of ether oxygens (including phenoxy) is 2. The van der Waals surface area contributed by atoms with Crippen LogP contribution in [0.4, 0.5) is 14.5 Å². The Morgan fingerprint density at radius 3 is 2.61 bits per heavy atom. The summed E-state index contributed by atoms with van der Waals surface area (Å²) in [6.07, 6.45) is -0.650. The van der Waals surface area contributed by atoms with Gasteiger partial charge in [0.05, 0.1) is 30.8 Å². The predicted molar refractivity (Wildman–Crippen MR) is 126 cm³/mol. The first kappa shape index (κ1) is 24.8. The number of methoxy groups -OCH3 is 1. The average Bonchev–Trinajstić information content (AvgIpc) is 3.47. The predicted octanol–water partition coefficient (Wildman–Crippen LogP) is 4.38. The molecule has 188 valence electrons. The van der Waals surface area contributed by atoms with Gasteiger partial charge in [0.15, 0.2) is 11.3 Å². The number of esters is 1. The van der Waals surface area contributed by atoms with Gasteiger partial charge in [-0.1, -0.05) is 12.1 Å². The summed E-state index contributed by atoms with van der Waals surface area (Å²) in [5.41, 5.74) is 0.0965. The second-order valence-electron chi connectivity index (χ2n) is 8.02. The normalized spacial score (nSPS) is 11.3. The van der Waals surface area contributed by atoms with E-state index in [4.69, 9.17) is 9.47 Å². The molecule has 0 aliphatic rings. The maximum Gasteiger partial charge on any atom is 0.361 e. The van der Waals surface area contributed by atoms with Crippen LogP contribution in [-0.4, -0.2) is 49.5 Å². The van der Waals surface area contributed by atoms with Crippen LogP contribution < -0.4 is 10.1 Å². The molecule has 0 saturated carbocycles. The molecule has 0 fully saturated rings. The van der Waals surface area contributed by atoms with Gasteiger partial charge in [-0.3, -0.25) is 9.48 Å². The fourth-order valence-corrected chi connectivity index (χ4v) is 3.58. The molecule has 0 radical (unpaired) electrons. The monoisotopic (exact) mass is 498 g/mol. The summed E-state index contributed by atoms with van der Waals surface area (Å²) in [6.45, 7) is 5.64. The molecule has 4 rings (SSSR count). The average molecular weight is 498 g/mol. The second kappa shape index (κ2) is 10.1. The number of nitrogens with zero attached hydrogens (tertiary/aromatic N) is 5. The molecular formula is C24H24F2N6O4. The van der Waals surface area contributed by atoms with Crippen molar-refractivity contribution in [3.05, 3.63) is 59.7 Å². The van der Waals surface area contributed by atoms with Crippen LogP contribution >= 0.6 is 0 Å². The number of para-hydroxylation sites is 1. The van der Waals surface area contributed by atoms with E-state index in [0.29, 0.717) is 17.9 Å². The van der Waals surface area contributed by atoms with E-state index >= 15 is 0 Å². The fourth-order valence-electron chi connectivity index (χ4n) is 3.58. The summed E-state index contributed by atoms with van der Waals surface area (Å²) in [7, 11) is 1.46. The zero-order chi connectivity index (χ0) is 26.0. The van der Waals surface area contributed by atoms with Crippen molar-refractivity contribution in [3.8, 4) is 17.0 Å². The lowest BCUT2D eigenvalue weighted by molar-refractivity contribution is 0.0371. The number of carbonyl (C=O) groups is 2. The molecule has 36 heavy (non-hydrogen) atoms. The molecule has 4 aromatic rings. The zero-order valence-electron chi connectivity index (χ0n) is 20.0. The van der Waals surface area contributed by atoms with Crippen molar-refractivity contribution in [3.63, 3.8) is 0 Å². The van der Waals surface area contributed by atoms with Crippen molar-refractivity contribution in [1.82, 2.24) is 24.4 Å². The van der Waals surface area contributed by atoms with Crippen molar-refractivity contribution < 1.29 is 27.8 Å². The maximum absolute atomic E-state index is 13.9. The highest BCUT2D eigenvalue weighted by atomic mass is 19.3. The summed E-state index contributed by atoms with van der Waals surface area (Å²) in [5, 5.41) is 10.8. The minimum Gasteiger partial charge on any atom is -0.496 e. The smallest absolute Gasteiger partial charge is 0.361 e. The van der Waals surface area contributed by atoms with E-state index in [1.165, 1.54) is 24.1 Å². The Morgan fingerprint density at radius 1 is 1.19 bits per heavy atom. The Hall–Kier alpha value is -4.35. The van der Waals surface area contributed by atoms with Gasteiger partial charge in [-0.2, -0.15) is 10.2 Å². The molecule has 0 atom stereocenters. The number of carbonyl (C=O) groups excluding carboxylic acids is 2. The van der Waals surface area contributed by atoms with Crippen LogP contribution in [0.2, 0.25) is 0 Å². The number of aromatic nitrogens is 5. The molecule has 10 nitrogen and oxygen atoms in total. The quantitative estimate of drug-likeness (QED) is 0.359. The van der Waals surface area contributed by atoms with Gasteiger partial charge in [0.2, 0.25) is 0 Å². The Balaban J connectivity index is 1.78. The molecule has 0 unspecified atom stereocenters. The molecule has 0 aliphatic carbocycles. The van der Waals surface area contributed by atoms with Gasteiger partial charge in [-0.25, -0.2) is 23.1 Å². The fraction of sp³-hybridized carbons (Fsp3) is 0.292. The number of fused-ring (bicyclic) bond motifs is 1. The van der Waals surface area contributed by atoms with Gasteiger partial charge >= 0.3 is 5.97 Å². The van der Waals surface area contributed by atoms with Crippen LogP contribution in [0.1, 0.15) is 53.7 Å². The van der Waals surface area contributed by atoms with Gasteiger partial charge < -0.3 is 14.8 Å². The number of amides is 1.